The minimum Gasteiger partial charge on any atom is -0.291 e. The van der Waals surface area contributed by atoms with E-state index in [1.54, 1.807) is 0 Å². The number of hydrogen-bond acceptors (Lipinski definition) is 0. The average molecular weight is 121 g/mol. The molecule has 0 spiro atoms. The van der Waals surface area contributed by atoms with Crippen molar-refractivity contribution in [2.75, 3.05) is 0 Å². The fraction of sp³-hybridized carbons (Fsp3) is 0.143. The molecular weight excluding hydrogens is 112 g/mol. The maximum Gasteiger partial charge on any atom is -0.0621 e. The Kier molecular flexibility index (Phi) is 1.86. The Morgan fingerprint density at radius 3 is 2.12 bits per heavy atom. The van der Waals surface area contributed by atoms with Crippen LogP contribution >= 0.6 is 0 Å². The second kappa shape index (κ2) is 2.67. The van der Waals surface area contributed by atoms with Crippen LogP contribution in [0.4, 0.5) is 0 Å². The van der Waals surface area contributed by atoms with Gasteiger partial charge in [0, 0.05) is 0 Å². The zero-order valence-corrected chi connectivity index (χ0v) is 6.22. The highest BCUT2D eigenvalue weighted by molar-refractivity contribution is 6.08. The van der Waals surface area contributed by atoms with Crippen molar-refractivity contribution in [3.63, 3.8) is 0 Å². The fourth-order valence-corrected chi connectivity index (χ4v) is 0.978. The van der Waals surface area contributed by atoms with Crippen LogP contribution in [0.2, 0.25) is 0 Å². The molecule has 0 nitrogen and oxygen atoms in total. The molecule has 0 atom stereocenters. The molecule has 1 aromatic carbocycles. The molecule has 0 saturated carbocycles. The van der Waals surface area contributed by atoms with E-state index < -0.39 is 0 Å². The summed E-state index contributed by atoms with van der Waals surface area (Å²) in [5, 5.41) is 0. The highest BCUT2D eigenvalue weighted by Gasteiger charge is 1.75. The van der Waals surface area contributed by atoms with Gasteiger partial charge in [-0.3, -0.25) is 10.2 Å². The molecule has 0 fully saturated rings. The fourth-order valence-electron chi connectivity index (χ4n) is 0.645. The Morgan fingerprint density at radius 2 is 1.75 bits per heavy atom. The maximum absolute atomic E-state index is 2.15. The van der Waals surface area contributed by atoms with Gasteiger partial charge in [0.15, 0.2) is 0 Å². The third kappa shape index (κ3) is 1.20. The normalized spacial score (nSPS) is 9.12. The van der Waals surface area contributed by atoms with Gasteiger partial charge in [0.2, 0.25) is 0 Å². The topological polar surface area (TPSA) is 0 Å². The van der Waals surface area contributed by atoms with Crippen molar-refractivity contribution < 1.29 is 0 Å². The van der Waals surface area contributed by atoms with Crippen LogP contribution in [0, 0.1) is 0 Å². The Hall–Kier alpha value is -0.563. The molecular formula is C7H9Si-. The van der Waals surface area contributed by atoms with Crippen molar-refractivity contribution in [1.82, 2.24) is 0 Å². The SMILES string of the molecule is [SiH2-]Cc1ccccc1. The van der Waals surface area contributed by atoms with E-state index in [-0.39, 0.29) is 0 Å². The summed E-state index contributed by atoms with van der Waals surface area (Å²) in [6.45, 7) is 0. The largest absolute Gasteiger partial charge is 0.291 e. The quantitative estimate of drug-likeness (QED) is 0.483. The smallest absolute Gasteiger partial charge is 0.0621 e. The van der Waals surface area contributed by atoms with Gasteiger partial charge in [-0.2, -0.15) is 6.04 Å². The highest BCUT2D eigenvalue weighted by atomic mass is 28.1. The van der Waals surface area contributed by atoms with Crippen LogP contribution in [0.15, 0.2) is 30.3 Å². The molecule has 0 N–H and O–H groups in total. The summed E-state index contributed by atoms with van der Waals surface area (Å²) in [6, 6.07) is 11.6. The lowest BCUT2D eigenvalue weighted by molar-refractivity contribution is 1.40. The summed E-state index contributed by atoms with van der Waals surface area (Å²) in [5.74, 6) is 0. The molecule has 0 radical (unpaired) electrons. The Morgan fingerprint density at radius 1 is 1.12 bits per heavy atom. The first kappa shape index (κ1) is 5.57. The van der Waals surface area contributed by atoms with E-state index in [2.05, 4.69) is 24.3 Å². The summed E-state index contributed by atoms with van der Waals surface area (Å²) < 4.78 is 0. The highest BCUT2D eigenvalue weighted by Crippen LogP contribution is 1.95. The predicted octanol–water partition coefficient (Wildman–Crippen LogP) is 0.820. The van der Waals surface area contributed by atoms with Crippen LogP contribution in [-0.2, 0) is 6.04 Å². The molecule has 42 valence electrons. The minimum absolute atomic E-state index is 1.17. The van der Waals surface area contributed by atoms with E-state index in [9.17, 15) is 0 Å². The average Bonchev–Trinajstić information content (AvgIpc) is 1.90. The summed E-state index contributed by atoms with van der Waals surface area (Å²) in [7, 11) is 1.98. The molecule has 0 aliphatic rings. The lowest BCUT2D eigenvalue weighted by Crippen LogP contribution is -1.78. The van der Waals surface area contributed by atoms with Gasteiger partial charge in [0.05, 0.1) is 0 Å². The number of benzene rings is 1. The Bertz CT molecular complexity index is 146. The van der Waals surface area contributed by atoms with Gasteiger partial charge in [-0.05, 0) is 0 Å². The summed E-state index contributed by atoms with van der Waals surface area (Å²) in [6.07, 6.45) is 0. The molecule has 0 aliphatic carbocycles. The molecule has 0 heterocycles. The lowest BCUT2D eigenvalue weighted by Gasteiger charge is -1.94. The monoisotopic (exact) mass is 121 g/mol. The Balaban J connectivity index is 2.83. The van der Waals surface area contributed by atoms with Crippen molar-refractivity contribution >= 4 is 10.2 Å². The van der Waals surface area contributed by atoms with E-state index in [4.69, 9.17) is 0 Å². The molecule has 0 bridgehead atoms. The van der Waals surface area contributed by atoms with Crippen molar-refractivity contribution in [3.05, 3.63) is 35.9 Å². The van der Waals surface area contributed by atoms with Crippen LogP contribution in [0.3, 0.4) is 0 Å². The molecule has 1 heteroatoms. The molecule has 8 heavy (non-hydrogen) atoms. The number of rotatable bonds is 1. The standard InChI is InChI=1S/C7H9Si/c8-6-7-4-2-1-3-5-7/h1-5H,6,8H2/q-1. The first-order valence-corrected chi connectivity index (χ1v) is 3.76. The summed E-state index contributed by atoms with van der Waals surface area (Å²) in [5.41, 5.74) is 1.42. The molecule has 0 amide bonds. The van der Waals surface area contributed by atoms with Crippen molar-refractivity contribution in [2.24, 2.45) is 0 Å². The van der Waals surface area contributed by atoms with Crippen molar-refractivity contribution in [3.8, 4) is 0 Å². The summed E-state index contributed by atoms with van der Waals surface area (Å²) in [4.78, 5) is 0. The van der Waals surface area contributed by atoms with Gasteiger partial charge < -0.3 is 0 Å². The Labute approximate surface area is 53.0 Å². The van der Waals surface area contributed by atoms with Crippen LogP contribution in [0.5, 0.6) is 0 Å². The molecule has 0 aromatic heterocycles. The minimum atomic E-state index is 1.17. The predicted molar refractivity (Wildman–Crippen MR) is 38.7 cm³/mol. The van der Waals surface area contributed by atoms with Gasteiger partial charge in [0.25, 0.3) is 0 Å². The van der Waals surface area contributed by atoms with E-state index in [1.807, 2.05) is 16.3 Å². The van der Waals surface area contributed by atoms with Gasteiger partial charge in [-0.25, -0.2) is 0 Å². The molecule has 0 unspecified atom stereocenters. The second-order valence-electron chi connectivity index (χ2n) is 1.74. The van der Waals surface area contributed by atoms with E-state index in [0.717, 1.165) is 0 Å². The molecule has 0 aliphatic heterocycles. The lowest BCUT2D eigenvalue weighted by atomic mass is 10.2. The van der Waals surface area contributed by atoms with Gasteiger partial charge >= 0.3 is 0 Å². The van der Waals surface area contributed by atoms with Crippen LogP contribution in [0.25, 0.3) is 0 Å². The zero-order chi connectivity index (χ0) is 5.82. The number of hydrogen-bond donors (Lipinski definition) is 0. The maximum atomic E-state index is 2.15. The first-order chi connectivity index (χ1) is 3.93. The van der Waals surface area contributed by atoms with Gasteiger partial charge in [-0.1, -0.05) is 35.9 Å². The van der Waals surface area contributed by atoms with Crippen LogP contribution in [-0.4, -0.2) is 10.2 Å². The van der Waals surface area contributed by atoms with E-state index in [0.29, 0.717) is 0 Å². The van der Waals surface area contributed by atoms with Crippen LogP contribution in [0.1, 0.15) is 5.56 Å². The zero-order valence-electron chi connectivity index (χ0n) is 4.80. The van der Waals surface area contributed by atoms with Crippen LogP contribution < -0.4 is 0 Å². The molecule has 1 aromatic rings. The molecule has 0 saturated heterocycles. The first-order valence-electron chi connectivity index (χ1n) is 2.76. The van der Waals surface area contributed by atoms with Gasteiger partial charge in [-0.15, -0.1) is 0 Å². The summed E-state index contributed by atoms with van der Waals surface area (Å²) >= 11 is 0. The van der Waals surface area contributed by atoms with Crippen molar-refractivity contribution in [2.45, 2.75) is 6.04 Å². The molecule has 1 rings (SSSR count). The third-order valence-electron chi connectivity index (χ3n) is 1.13. The van der Waals surface area contributed by atoms with Crippen molar-refractivity contribution in [1.29, 1.82) is 0 Å². The van der Waals surface area contributed by atoms with Gasteiger partial charge in [0.1, 0.15) is 0 Å². The third-order valence-corrected chi connectivity index (χ3v) is 1.71. The van der Waals surface area contributed by atoms with E-state index >= 15 is 0 Å². The van der Waals surface area contributed by atoms with E-state index in [1.165, 1.54) is 11.6 Å². The second-order valence-corrected chi connectivity index (χ2v) is 2.24.